The normalized spacial score (nSPS) is 18.6. The molecule has 0 saturated carbocycles. The number of nitrogens with zero attached hydrogens (tertiary/aromatic N) is 2. The lowest BCUT2D eigenvalue weighted by Crippen LogP contribution is -2.36. The quantitative estimate of drug-likeness (QED) is 0.616. The number of carbonyl (C=O) groups excluding carboxylic acids is 1. The van der Waals surface area contributed by atoms with E-state index in [1.807, 2.05) is 6.07 Å². The summed E-state index contributed by atoms with van der Waals surface area (Å²) in [6.45, 7) is 3.40. The van der Waals surface area contributed by atoms with E-state index in [0.29, 0.717) is 31.8 Å². The van der Waals surface area contributed by atoms with Crippen LogP contribution in [0.15, 0.2) is 40.9 Å². The second-order valence-corrected chi connectivity index (χ2v) is 8.52. The fraction of sp³-hybridized carbons (Fsp3) is 0.417. The van der Waals surface area contributed by atoms with Crippen LogP contribution in [0.1, 0.15) is 47.7 Å². The number of Topliss-reactive ketones (excluding diaryl/α,β-unsaturated/α-hetero) is 1. The molecule has 2 saturated heterocycles. The molecule has 162 valence electrons. The van der Waals surface area contributed by atoms with Gasteiger partial charge in [-0.05, 0) is 63.0 Å². The first-order chi connectivity index (χ1) is 15.1. The molecule has 0 unspecified atom stereocenters. The topological polar surface area (TPSA) is 58.4 Å². The molecule has 2 aliphatic rings. The third kappa shape index (κ3) is 3.94. The molecule has 31 heavy (non-hydrogen) atoms. The molecule has 0 amide bonds. The summed E-state index contributed by atoms with van der Waals surface area (Å²) in [6.07, 6.45) is 3.40. The Morgan fingerprint density at radius 2 is 1.81 bits per heavy atom. The summed E-state index contributed by atoms with van der Waals surface area (Å²) in [6, 6.07) is 9.35. The molecular weight excluding hydrogens is 400 g/mol. The Hall–Kier alpha value is -2.80. The van der Waals surface area contributed by atoms with Gasteiger partial charge in [0, 0.05) is 48.1 Å². The van der Waals surface area contributed by atoms with Gasteiger partial charge < -0.3 is 14.7 Å². The summed E-state index contributed by atoms with van der Waals surface area (Å²) in [5, 5.41) is 8.81. The van der Waals surface area contributed by atoms with Gasteiger partial charge in [0.25, 0.3) is 0 Å². The number of aromatic nitrogens is 1. The Labute approximate surface area is 179 Å². The van der Waals surface area contributed by atoms with Crippen LogP contribution in [0.25, 0.3) is 11.0 Å². The lowest BCUT2D eigenvalue weighted by atomic mass is 9.88. The zero-order chi connectivity index (χ0) is 21.4. The molecule has 0 bridgehead atoms. The highest BCUT2D eigenvalue weighted by molar-refractivity contribution is 5.98. The van der Waals surface area contributed by atoms with Gasteiger partial charge in [-0.25, -0.2) is 8.78 Å². The van der Waals surface area contributed by atoms with Gasteiger partial charge in [-0.1, -0.05) is 5.16 Å². The van der Waals surface area contributed by atoms with Crippen LogP contribution in [-0.4, -0.2) is 37.1 Å². The Balaban J connectivity index is 1.27. The highest BCUT2D eigenvalue weighted by atomic mass is 19.1. The molecule has 5 nitrogen and oxygen atoms in total. The maximum atomic E-state index is 14.0. The first kappa shape index (κ1) is 20.1. The lowest BCUT2D eigenvalue weighted by molar-refractivity contribution is 0.0896. The van der Waals surface area contributed by atoms with Crippen molar-refractivity contribution in [2.24, 2.45) is 5.92 Å². The van der Waals surface area contributed by atoms with Gasteiger partial charge >= 0.3 is 0 Å². The monoisotopic (exact) mass is 425 g/mol. The second-order valence-electron chi connectivity index (χ2n) is 8.52. The number of anilines is 1. The summed E-state index contributed by atoms with van der Waals surface area (Å²) < 4.78 is 32.8. The predicted molar refractivity (Wildman–Crippen MR) is 114 cm³/mol. The van der Waals surface area contributed by atoms with E-state index in [2.05, 4.69) is 27.5 Å². The van der Waals surface area contributed by atoms with Crippen molar-refractivity contribution < 1.29 is 18.1 Å². The summed E-state index contributed by atoms with van der Waals surface area (Å²) in [5.74, 6) is -1.52. The van der Waals surface area contributed by atoms with E-state index in [1.54, 1.807) is 0 Å². The number of hydrogen-bond donors (Lipinski definition) is 1. The van der Waals surface area contributed by atoms with Gasteiger partial charge in [0.2, 0.25) is 0 Å². The van der Waals surface area contributed by atoms with Gasteiger partial charge in [0.1, 0.15) is 11.6 Å². The molecule has 7 heteroatoms. The van der Waals surface area contributed by atoms with Crippen LogP contribution in [0.2, 0.25) is 0 Å². The van der Waals surface area contributed by atoms with Gasteiger partial charge in [-0.2, -0.15) is 0 Å². The zero-order valence-electron chi connectivity index (χ0n) is 17.2. The lowest BCUT2D eigenvalue weighted by Gasteiger charge is -2.33. The minimum Gasteiger partial charge on any atom is -0.371 e. The highest BCUT2D eigenvalue weighted by Crippen LogP contribution is 2.34. The van der Waals surface area contributed by atoms with Crippen molar-refractivity contribution in [3.8, 4) is 0 Å². The van der Waals surface area contributed by atoms with E-state index < -0.39 is 11.6 Å². The van der Waals surface area contributed by atoms with Crippen molar-refractivity contribution in [2.75, 3.05) is 31.1 Å². The molecule has 5 rings (SSSR count). The molecule has 2 aromatic carbocycles. The average Bonchev–Trinajstić information content (AvgIpc) is 3.23. The van der Waals surface area contributed by atoms with Crippen molar-refractivity contribution in [1.29, 1.82) is 0 Å². The van der Waals surface area contributed by atoms with Crippen LogP contribution < -0.4 is 10.2 Å². The fourth-order valence-corrected chi connectivity index (χ4v) is 4.84. The van der Waals surface area contributed by atoms with E-state index in [0.717, 1.165) is 60.4 Å². The van der Waals surface area contributed by atoms with Gasteiger partial charge in [0.15, 0.2) is 11.4 Å². The minimum absolute atomic E-state index is 0.0200. The number of hydrogen-bond acceptors (Lipinski definition) is 5. The molecule has 0 aliphatic carbocycles. The first-order valence-corrected chi connectivity index (χ1v) is 10.9. The number of fused-ring (bicyclic) bond motifs is 1. The molecule has 0 atom stereocenters. The summed E-state index contributed by atoms with van der Waals surface area (Å²) in [7, 11) is 0. The summed E-state index contributed by atoms with van der Waals surface area (Å²) >= 11 is 0. The number of ketones is 1. The predicted octanol–water partition coefficient (Wildman–Crippen LogP) is 4.67. The van der Waals surface area contributed by atoms with Crippen molar-refractivity contribution in [3.63, 3.8) is 0 Å². The third-order valence-corrected chi connectivity index (χ3v) is 6.64. The number of benzene rings is 2. The van der Waals surface area contributed by atoms with Crippen molar-refractivity contribution in [2.45, 2.75) is 31.6 Å². The molecule has 3 aromatic rings. The molecule has 3 heterocycles. The highest BCUT2D eigenvalue weighted by Gasteiger charge is 2.28. The van der Waals surface area contributed by atoms with Crippen molar-refractivity contribution in [3.05, 3.63) is 59.3 Å². The fourth-order valence-electron chi connectivity index (χ4n) is 4.84. The average molecular weight is 425 g/mol. The number of carbonyl (C=O) groups is 1. The maximum absolute atomic E-state index is 14.0. The molecule has 1 aromatic heterocycles. The number of piperidine rings is 2. The number of halogens is 2. The van der Waals surface area contributed by atoms with E-state index >= 15 is 0 Å². The Morgan fingerprint density at radius 3 is 2.55 bits per heavy atom. The summed E-state index contributed by atoms with van der Waals surface area (Å²) in [5.41, 5.74) is 2.86. The van der Waals surface area contributed by atoms with Gasteiger partial charge in [-0.3, -0.25) is 4.79 Å². The van der Waals surface area contributed by atoms with Gasteiger partial charge in [-0.15, -0.1) is 0 Å². The Bertz CT molecular complexity index is 1100. The maximum Gasteiger partial charge on any atom is 0.169 e. The van der Waals surface area contributed by atoms with Crippen LogP contribution in [-0.2, 0) is 0 Å². The summed E-state index contributed by atoms with van der Waals surface area (Å²) in [4.78, 5) is 14.9. The molecule has 2 fully saturated rings. The molecule has 1 N–H and O–H groups in total. The number of rotatable bonds is 4. The van der Waals surface area contributed by atoms with E-state index in [1.165, 1.54) is 6.07 Å². The van der Waals surface area contributed by atoms with Crippen molar-refractivity contribution in [1.82, 2.24) is 10.5 Å². The second kappa shape index (κ2) is 8.38. The van der Waals surface area contributed by atoms with E-state index in [-0.39, 0.29) is 17.3 Å². The SMILES string of the molecule is O=C(c1ccc(F)cc1F)C1CCN(c2ccc3c(C4CCNCC4)noc3c2)CC1. The van der Waals surface area contributed by atoms with Crippen LogP contribution in [0, 0.1) is 17.6 Å². The van der Waals surface area contributed by atoms with Crippen LogP contribution >= 0.6 is 0 Å². The Kier molecular flexibility index (Phi) is 5.44. The zero-order valence-corrected chi connectivity index (χ0v) is 17.2. The standard InChI is InChI=1S/C24H25F2N3O2/c25-17-1-3-19(21(26)13-17)24(30)16-7-11-29(12-8-16)18-2-4-20-22(14-18)31-28-23(20)15-5-9-27-10-6-15/h1-4,13-16,27H,5-12H2. The van der Waals surface area contributed by atoms with Gasteiger partial charge in [0.05, 0.1) is 11.3 Å². The molecule has 0 spiro atoms. The molecular formula is C24H25F2N3O2. The van der Waals surface area contributed by atoms with Crippen LogP contribution in [0.3, 0.4) is 0 Å². The Morgan fingerprint density at radius 1 is 1.03 bits per heavy atom. The van der Waals surface area contributed by atoms with E-state index in [4.69, 9.17) is 4.52 Å². The van der Waals surface area contributed by atoms with Crippen molar-refractivity contribution >= 4 is 22.4 Å². The smallest absolute Gasteiger partial charge is 0.169 e. The first-order valence-electron chi connectivity index (χ1n) is 10.9. The molecule has 2 aliphatic heterocycles. The largest absolute Gasteiger partial charge is 0.371 e. The van der Waals surface area contributed by atoms with E-state index in [9.17, 15) is 13.6 Å². The number of nitrogens with one attached hydrogen (secondary N) is 1. The van der Waals surface area contributed by atoms with Crippen LogP contribution in [0.5, 0.6) is 0 Å². The third-order valence-electron chi connectivity index (χ3n) is 6.64. The molecule has 0 radical (unpaired) electrons. The minimum atomic E-state index is -0.784. The van der Waals surface area contributed by atoms with Crippen LogP contribution in [0.4, 0.5) is 14.5 Å².